The monoisotopic (exact) mass is 482 g/mol. The van der Waals surface area contributed by atoms with Crippen molar-refractivity contribution in [2.75, 3.05) is 26.1 Å². The van der Waals surface area contributed by atoms with Gasteiger partial charge in [0.2, 0.25) is 5.91 Å². The highest BCUT2D eigenvalue weighted by atomic mass is 35.5. The molecular formula is C20H16Cl2N2O4S2. The first-order valence-electron chi connectivity index (χ1n) is 8.54. The molecule has 2 aromatic rings. The van der Waals surface area contributed by atoms with Crippen LogP contribution < -0.4 is 14.8 Å². The molecule has 0 unspecified atom stereocenters. The van der Waals surface area contributed by atoms with E-state index in [2.05, 4.69) is 5.32 Å². The van der Waals surface area contributed by atoms with Gasteiger partial charge in [-0.3, -0.25) is 14.5 Å². The number of hydrogen-bond acceptors (Lipinski definition) is 6. The number of carbonyl (C=O) groups is 2. The second kappa shape index (κ2) is 9.70. The molecule has 0 aliphatic carbocycles. The fraction of sp³-hybridized carbons (Fsp3) is 0.150. The maximum atomic E-state index is 12.8. The van der Waals surface area contributed by atoms with Gasteiger partial charge in [-0.25, -0.2) is 0 Å². The molecule has 0 atom stereocenters. The number of nitrogens with zero attached hydrogens (tertiary/aromatic N) is 1. The molecule has 0 spiro atoms. The minimum atomic E-state index is -0.428. The molecule has 1 aliphatic rings. The van der Waals surface area contributed by atoms with Crippen LogP contribution in [0.4, 0.5) is 5.69 Å². The van der Waals surface area contributed by atoms with Gasteiger partial charge in [0.15, 0.2) is 11.5 Å². The number of methoxy groups -OCH3 is 2. The summed E-state index contributed by atoms with van der Waals surface area (Å²) in [6, 6.07) is 10.0. The zero-order valence-electron chi connectivity index (χ0n) is 15.9. The molecule has 1 fully saturated rings. The number of carbonyl (C=O) groups excluding carboxylic acids is 2. The summed E-state index contributed by atoms with van der Waals surface area (Å²) in [4.78, 5) is 26.8. The molecule has 3 rings (SSSR count). The predicted molar refractivity (Wildman–Crippen MR) is 125 cm³/mol. The Morgan fingerprint density at radius 1 is 1.17 bits per heavy atom. The van der Waals surface area contributed by atoms with Crippen LogP contribution in [0.25, 0.3) is 6.08 Å². The van der Waals surface area contributed by atoms with Gasteiger partial charge in [-0.1, -0.05) is 53.2 Å². The number of ether oxygens (including phenoxy) is 2. The topological polar surface area (TPSA) is 67.9 Å². The van der Waals surface area contributed by atoms with Crippen molar-refractivity contribution < 1.29 is 19.1 Å². The highest BCUT2D eigenvalue weighted by Gasteiger charge is 2.33. The minimum Gasteiger partial charge on any atom is -0.493 e. The van der Waals surface area contributed by atoms with Crippen LogP contribution in [0.15, 0.2) is 41.3 Å². The van der Waals surface area contributed by atoms with Crippen molar-refractivity contribution in [3.8, 4) is 11.5 Å². The molecule has 30 heavy (non-hydrogen) atoms. The zero-order valence-corrected chi connectivity index (χ0v) is 19.0. The van der Waals surface area contributed by atoms with E-state index < -0.39 is 5.91 Å². The molecule has 1 aliphatic heterocycles. The summed E-state index contributed by atoms with van der Waals surface area (Å²) in [7, 11) is 3.08. The van der Waals surface area contributed by atoms with E-state index in [4.69, 9.17) is 44.9 Å². The molecular weight excluding hydrogens is 467 g/mol. The Labute approximate surface area is 193 Å². The number of thioether (sulfide) groups is 1. The first kappa shape index (κ1) is 22.4. The van der Waals surface area contributed by atoms with Crippen LogP contribution in [-0.4, -0.2) is 41.8 Å². The Morgan fingerprint density at radius 2 is 1.90 bits per heavy atom. The second-order valence-electron chi connectivity index (χ2n) is 6.05. The molecule has 2 amide bonds. The number of benzene rings is 2. The van der Waals surface area contributed by atoms with Crippen molar-refractivity contribution in [3.05, 3.63) is 56.9 Å². The lowest BCUT2D eigenvalue weighted by molar-refractivity contribution is -0.126. The zero-order chi connectivity index (χ0) is 21.8. The summed E-state index contributed by atoms with van der Waals surface area (Å²) in [6.07, 6.45) is 1.69. The van der Waals surface area contributed by atoms with Crippen LogP contribution >= 0.6 is 47.2 Å². The lowest BCUT2D eigenvalue weighted by Crippen LogP contribution is -2.36. The quantitative estimate of drug-likeness (QED) is 0.468. The van der Waals surface area contributed by atoms with Gasteiger partial charge in [0.1, 0.15) is 10.9 Å². The summed E-state index contributed by atoms with van der Waals surface area (Å²) in [5.74, 6) is 0.348. The maximum absolute atomic E-state index is 12.8. The average molecular weight is 483 g/mol. The SMILES string of the molecule is COc1ccc(/C=C2\SC(=S)N(CC(=O)Nc3ccc(Cl)cc3Cl)C2=O)cc1OC. The van der Waals surface area contributed by atoms with Crippen LogP contribution in [0, 0.1) is 0 Å². The van der Waals surface area contributed by atoms with E-state index in [9.17, 15) is 9.59 Å². The predicted octanol–water partition coefficient (Wildman–Crippen LogP) is 4.85. The fourth-order valence-electron chi connectivity index (χ4n) is 2.65. The Kier molecular flexibility index (Phi) is 7.25. The third-order valence-electron chi connectivity index (χ3n) is 4.09. The van der Waals surface area contributed by atoms with Gasteiger partial charge < -0.3 is 14.8 Å². The van der Waals surface area contributed by atoms with Gasteiger partial charge in [-0.2, -0.15) is 0 Å². The van der Waals surface area contributed by atoms with E-state index in [-0.39, 0.29) is 12.5 Å². The highest BCUT2D eigenvalue weighted by molar-refractivity contribution is 8.26. The van der Waals surface area contributed by atoms with Crippen LogP contribution in [0.2, 0.25) is 10.0 Å². The lowest BCUT2D eigenvalue weighted by Gasteiger charge is -2.14. The van der Waals surface area contributed by atoms with Crippen molar-refractivity contribution in [2.45, 2.75) is 0 Å². The van der Waals surface area contributed by atoms with Crippen molar-refractivity contribution >= 4 is 75.1 Å². The van der Waals surface area contributed by atoms with Crippen LogP contribution in [0.5, 0.6) is 11.5 Å². The van der Waals surface area contributed by atoms with E-state index >= 15 is 0 Å². The smallest absolute Gasteiger partial charge is 0.266 e. The van der Waals surface area contributed by atoms with Gasteiger partial charge in [0.25, 0.3) is 5.91 Å². The number of nitrogens with one attached hydrogen (secondary N) is 1. The summed E-state index contributed by atoms with van der Waals surface area (Å²) >= 11 is 18.3. The number of rotatable bonds is 6. The average Bonchev–Trinajstić information content (AvgIpc) is 2.97. The molecule has 6 nitrogen and oxygen atoms in total. The van der Waals surface area contributed by atoms with Crippen LogP contribution in [0.1, 0.15) is 5.56 Å². The van der Waals surface area contributed by atoms with E-state index in [0.717, 1.165) is 17.3 Å². The molecule has 1 saturated heterocycles. The van der Waals surface area contributed by atoms with Crippen LogP contribution in [0.3, 0.4) is 0 Å². The van der Waals surface area contributed by atoms with Gasteiger partial charge in [0, 0.05) is 5.02 Å². The van der Waals surface area contributed by atoms with E-state index in [0.29, 0.717) is 36.5 Å². The van der Waals surface area contributed by atoms with Gasteiger partial charge in [0.05, 0.1) is 29.8 Å². The number of amides is 2. The van der Waals surface area contributed by atoms with E-state index in [1.54, 1.807) is 43.5 Å². The van der Waals surface area contributed by atoms with Gasteiger partial charge >= 0.3 is 0 Å². The standard InChI is InChI=1S/C20H16Cl2N2O4S2/c1-27-15-6-3-11(7-16(15)28-2)8-17-19(26)24(20(29)30-17)10-18(25)23-14-5-4-12(21)9-13(14)22/h3-9H,10H2,1-2H3,(H,23,25)/b17-8-. The molecule has 1 N–H and O–H groups in total. The summed E-state index contributed by atoms with van der Waals surface area (Å²) < 4.78 is 10.8. The van der Waals surface area contributed by atoms with Crippen molar-refractivity contribution in [3.63, 3.8) is 0 Å². The lowest BCUT2D eigenvalue weighted by atomic mass is 10.2. The molecule has 156 valence electrons. The van der Waals surface area contributed by atoms with E-state index in [1.165, 1.54) is 18.1 Å². The van der Waals surface area contributed by atoms with E-state index in [1.807, 2.05) is 0 Å². The Balaban J connectivity index is 1.73. The second-order valence-corrected chi connectivity index (χ2v) is 8.57. The molecule has 0 bridgehead atoms. The number of halogens is 2. The Bertz CT molecular complexity index is 1060. The number of thiocarbonyl (C=S) groups is 1. The number of anilines is 1. The molecule has 2 aromatic carbocycles. The normalized spacial score (nSPS) is 14.9. The van der Waals surface area contributed by atoms with Crippen molar-refractivity contribution in [1.82, 2.24) is 4.90 Å². The third kappa shape index (κ3) is 5.07. The first-order chi connectivity index (χ1) is 14.3. The summed E-state index contributed by atoms with van der Waals surface area (Å²) in [5.41, 5.74) is 1.14. The Hall–Kier alpha value is -2.26. The molecule has 0 radical (unpaired) electrons. The van der Waals surface area contributed by atoms with Crippen LogP contribution in [-0.2, 0) is 9.59 Å². The van der Waals surface area contributed by atoms with Gasteiger partial charge in [-0.15, -0.1) is 0 Å². The minimum absolute atomic E-state index is 0.229. The molecule has 10 heteroatoms. The largest absolute Gasteiger partial charge is 0.493 e. The third-order valence-corrected chi connectivity index (χ3v) is 6.01. The molecule has 0 aromatic heterocycles. The van der Waals surface area contributed by atoms with Crippen molar-refractivity contribution in [1.29, 1.82) is 0 Å². The van der Waals surface area contributed by atoms with Crippen molar-refractivity contribution in [2.24, 2.45) is 0 Å². The number of hydrogen-bond donors (Lipinski definition) is 1. The summed E-state index contributed by atoms with van der Waals surface area (Å²) in [5, 5.41) is 3.41. The first-order valence-corrected chi connectivity index (χ1v) is 10.5. The maximum Gasteiger partial charge on any atom is 0.266 e. The molecule has 0 saturated carbocycles. The highest BCUT2D eigenvalue weighted by Crippen LogP contribution is 2.34. The fourth-order valence-corrected chi connectivity index (χ4v) is 4.37. The molecule has 1 heterocycles. The summed E-state index contributed by atoms with van der Waals surface area (Å²) in [6.45, 7) is -0.229. The van der Waals surface area contributed by atoms with Gasteiger partial charge in [-0.05, 0) is 42.0 Å². The Morgan fingerprint density at radius 3 is 2.57 bits per heavy atom.